The van der Waals surface area contributed by atoms with Crippen molar-refractivity contribution in [3.05, 3.63) is 0 Å². The third-order valence-corrected chi connectivity index (χ3v) is 3.93. The molecule has 0 aromatic carbocycles. The average molecular weight is 274 g/mol. The van der Waals surface area contributed by atoms with E-state index >= 15 is 0 Å². The van der Waals surface area contributed by atoms with E-state index < -0.39 is 40.0 Å². The third kappa shape index (κ3) is 3.90. The first-order chi connectivity index (χ1) is 7.36. The molecule has 0 aliphatic heterocycles. The second kappa shape index (κ2) is 7.06. The van der Waals surface area contributed by atoms with E-state index in [0.29, 0.717) is 0 Å². The van der Waals surface area contributed by atoms with Crippen LogP contribution in [0.4, 0.5) is 0 Å². The second-order valence-electron chi connectivity index (χ2n) is 2.58. The van der Waals surface area contributed by atoms with Crippen molar-refractivity contribution in [1.82, 2.24) is 0 Å². The summed E-state index contributed by atoms with van der Waals surface area (Å²) >= 11 is 0. The highest BCUT2D eigenvalue weighted by molar-refractivity contribution is 7.52. The van der Waals surface area contributed by atoms with Gasteiger partial charge in [-0.1, -0.05) is 0 Å². The highest BCUT2D eigenvalue weighted by Gasteiger charge is 2.45. The zero-order chi connectivity index (χ0) is 12.9. The first kappa shape index (κ1) is 15.6. The van der Waals surface area contributed by atoms with Crippen molar-refractivity contribution >= 4 is 28.7 Å². The SMILES string of the molecule is COC(=O)C(C(C(=O)OC)P(O)O)P(O)O. The van der Waals surface area contributed by atoms with Gasteiger partial charge >= 0.3 is 11.9 Å². The van der Waals surface area contributed by atoms with Gasteiger partial charge in [0, 0.05) is 0 Å². The molecule has 10 heteroatoms. The number of methoxy groups -OCH3 is 2. The van der Waals surface area contributed by atoms with Crippen LogP contribution in [0.15, 0.2) is 0 Å². The van der Waals surface area contributed by atoms with E-state index in [1.807, 2.05) is 0 Å². The zero-order valence-corrected chi connectivity index (χ0v) is 10.3. The van der Waals surface area contributed by atoms with Crippen molar-refractivity contribution in [3.63, 3.8) is 0 Å². The van der Waals surface area contributed by atoms with Gasteiger partial charge in [0.05, 0.1) is 14.2 Å². The number of hydrogen-bond acceptors (Lipinski definition) is 8. The molecule has 0 bridgehead atoms. The fourth-order valence-electron chi connectivity index (χ4n) is 0.940. The summed E-state index contributed by atoms with van der Waals surface area (Å²) in [6.45, 7) is 0. The minimum Gasteiger partial charge on any atom is -0.468 e. The van der Waals surface area contributed by atoms with Crippen LogP contribution < -0.4 is 0 Å². The summed E-state index contributed by atoms with van der Waals surface area (Å²) in [5.74, 6) is -2.25. The van der Waals surface area contributed by atoms with Crippen molar-refractivity contribution < 1.29 is 38.6 Å². The highest BCUT2D eigenvalue weighted by Crippen LogP contribution is 2.45. The van der Waals surface area contributed by atoms with E-state index in [2.05, 4.69) is 9.47 Å². The number of ether oxygens (including phenoxy) is 2. The molecule has 0 aliphatic carbocycles. The first-order valence-corrected chi connectivity index (χ1v) is 6.49. The summed E-state index contributed by atoms with van der Waals surface area (Å²) in [6, 6.07) is 0. The summed E-state index contributed by atoms with van der Waals surface area (Å²) in [7, 11) is -3.85. The number of rotatable bonds is 5. The quantitative estimate of drug-likeness (QED) is 0.357. The molecule has 0 rings (SSSR count). The van der Waals surface area contributed by atoms with Crippen LogP contribution in [0.1, 0.15) is 0 Å². The molecule has 0 amide bonds. The minimum atomic E-state index is -2.90. The van der Waals surface area contributed by atoms with Gasteiger partial charge in [-0.05, 0) is 0 Å². The topological polar surface area (TPSA) is 134 Å². The maximum absolute atomic E-state index is 11.2. The molecule has 4 N–H and O–H groups in total. The molecule has 8 nitrogen and oxygen atoms in total. The summed E-state index contributed by atoms with van der Waals surface area (Å²) in [6.07, 6.45) is 0. The van der Waals surface area contributed by atoms with Crippen molar-refractivity contribution in [2.24, 2.45) is 0 Å². The van der Waals surface area contributed by atoms with Gasteiger partial charge < -0.3 is 29.0 Å². The molecule has 0 aromatic rings. The largest absolute Gasteiger partial charge is 0.468 e. The molecule has 0 saturated carbocycles. The third-order valence-electron chi connectivity index (χ3n) is 1.68. The van der Waals surface area contributed by atoms with E-state index in [0.717, 1.165) is 14.2 Å². The minimum absolute atomic E-state index is 0.972. The smallest absolute Gasteiger partial charge is 0.319 e. The molecule has 0 radical (unpaired) electrons. The molecular weight excluding hydrogens is 262 g/mol. The van der Waals surface area contributed by atoms with Crippen LogP contribution in [-0.2, 0) is 19.1 Å². The molecule has 0 fully saturated rings. The summed E-state index contributed by atoms with van der Waals surface area (Å²) in [4.78, 5) is 58.3. The lowest BCUT2D eigenvalue weighted by atomic mass is 10.3. The highest BCUT2D eigenvalue weighted by atomic mass is 31.2. The average Bonchev–Trinajstić information content (AvgIpc) is 2.22. The Hall–Kier alpha value is -0.360. The molecule has 0 heterocycles. The Morgan fingerprint density at radius 3 is 1.25 bits per heavy atom. The molecule has 94 valence electrons. The number of carbonyl (C=O) groups is 2. The van der Waals surface area contributed by atoms with Crippen LogP contribution >= 0.6 is 16.8 Å². The van der Waals surface area contributed by atoms with E-state index in [9.17, 15) is 9.59 Å². The van der Waals surface area contributed by atoms with Crippen molar-refractivity contribution in [3.8, 4) is 0 Å². The molecule has 0 aliphatic rings. The zero-order valence-electron chi connectivity index (χ0n) is 8.47. The van der Waals surface area contributed by atoms with Gasteiger partial charge in [-0.2, -0.15) is 0 Å². The molecule has 0 saturated heterocycles. The normalized spacial score (nSPS) is 14.8. The van der Waals surface area contributed by atoms with Crippen LogP contribution in [0.25, 0.3) is 0 Å². The Morgan fingerprint density at radius 2 is 1.12 bits per heavy atom. The van der Waals surface area contributed by atoms with Crippen LogP contribution in [0.2, 0.25) is 0 Å². The number of esters is 2. The Balaban J connectivity index is 5.10. The summed E-state index contributed by atoms with van der Waals surface area (Å²) in [5.41, 5.74) is -3.48. The van der Waals surface area contributed by atoms with Crippen LogP contribution in [0.5, 0.6) is 0 Å². The van der Waals surface area contributed by atoms with E-state index in [-0.39, 0.29) is 0 Å². The second-order valence-corrected chi connectivity index (χ2v) is 4.97. The monoisotopic (exact) mass is 274 g/mol. The molecule has 0 aromatic heterocycles. The molecule has 2 atom stereocenters. The predicted octanol–water partition coefficient (Wildman–Crippen LogP) is -1.34. The lowest BCUT2D eigenvalue weighted by molar-refractivity contribution is -0.146. The molecular formula is C6H12O8P2. The van der Waals surface area contributed by atoms with Crippen LogP contribution in [-0.4, -0.2) is 57.0 Å². The van der Waals surface area contributed by atoms with Gasteiger partial charge in [0.25, 0.3) is 0 Å². The molecule has 0 spiro atoms. The summed E-state index contributed by atoms with van der Waals surface area (Å²) < 4.78 is 8.47. The van der Waals surface area contributed by atoms with Gasteiger partial charge in [0.1, 0.15) is 11.3 Å². The molecule has 16 heavy (non-hydrogen) atoms. The van der Waals surface area contributed by atoms with Gasteiger partial charge in [-0.25, -0.2) is 0 Å². The maximum atomic E-state index is 11.2. The van der Waals surface area contributed by atoms with Crippen molar-refractivity contribution in [2.45, 2.75) is 11.3 Å². The number of carbonyl (C=O) groups excluding carboxylic acids is 2. The fraction of sp³-hybridized carbons (Fsp3) is 0.667. The number of hydrogen-bond donors (Lipinski definition) is 4. The van der Waals surface area contributed by atoms with Gasteiger partial charge in [0.15, 0.2) is 16.8 Å². The van der Waals surface area contributed by atoms with E-state index in [1.54, 1.807) is 0 Å². The Morgan fingerprint density at radius 1 is 0.875 bits per heavy atom. The van der Waals surface area contributed by atoms with Crippen molar-refractivity contribution in [1.29, 1.82) is 0 Å². The molecule has 2 unspecified atom stereocenters. The lowest BCUT2D eigenvalue weighted by Crippen LogP contribution is -2.38. The van der Waals surface area contributed by atoms with Crippen LogP contribution in [0, 0.1) is 0 Å². The van der Waals surface area contributed by atoms with E-state index in [4.69, 9.17) is 19.6 Å². The lowest BCUT2D eigenvalue weighted by Gasteiger charge is -2.23. The van der Waals surface area contributed by atoms with Gasteiger partial charge in [-0.3, -0.25) is 9.59 Å². The Bertz CT molecular complexity index is 229. The van der Waals surface area contributed by atoms with Crippen LogP contribution in [0.3, 0.4) is 0 Å². The Labute approximate surface area is 93.6 Å². The van der Waals surface area contributed by atoms with Gasteiger partial charge in [-0.15, -0.1) is 0 Å². The van der Waals surface area contributed by atoms with Crippen molar-refractivity contribution in [2.75, 3.05) is 14.2 Å². The fourth-order valence-corrected chi connectivity index (χ4v) is 2.99. The Kier molecular flexibility index (Phi) is 6.90. The maximum Gasteiger partial charge on any atom is 0.319 e. The predicted molar refractivity (Wildman–Crippen MR) is 54.3 cm³/mol. The first-order valence-electron chi connectivity index (χ1n) is 3.86. The summed E-state index contributed by atoms with van der Waals surface area (Å²) in [5, 5.41) is 0. The van der Waals surface area contributed by atoms with Gasteiger partial charge in [0.2, 0.25) is 0 Å². The standard InChI is InChI=1S/C6H12O8P2/c1-13-5(7)3(15(9)10)4(16(11)12)6(8)14-2/h3-4,9-12H,1-2H3. The van der Waals surface area contributed by atoms with E-state index in [1.165, 1.54) is 0 Å².